The van der Waals surface area contributed by atoms with Crippen LogP contribution in [0.3, 0.4) is 0 Å². The minimum Gasteiger partial charge on any atom is -0.368 e. The number of primary amides is 1. The zero-order chi connectivity index (χ0) is 21.9. The first-order valence-electron chi connectivity index (χ1n) is 10.4. The number of nitrogens with one attached hydrogen (secondary N) is 2. The van der Waals surface area contributed by atoms with Crippen LogP contribution in [-0.4, -0.2) is 70.8 Å². The van der Waals surface area contributed by atoms with Crippen LogP contribution in [0.4, 0.5) is 4.79 Å². The molecule has 0 unspecified atom stereocenters. The van der Waals surface area contributed by atoms with Crippen LogP contribution < -0.4 is 16.4 Å². The van der Waals surface area contributed by atoms with Crippen molar-refractivity contribution < 1.29 is 19.2 Å². The molecule has 2 saturated heterocycles. The summed E-state index contributed by atoms with van der Waals surface area (Å²) in [6.45, 7) is 10.3. The molecule has 0 radical (unpaired) electrons. The molecule has 0 spiro atoms. The fourth-order valence-electron chi connectivity index (χ4n) is 4.01. The SMILES string of the molecule is CC(C)NC(=O)N[C@H]1C[C@@H](C(=O)N2CCC[C@@H]2C(N)=O)N(C(=O)CC(C)(C)C)C1. The maximum absolute atomic E-state index is 13.2. The van der Waals surface area contributed by atoms with Crippen molar-refractivity contribution in [3.63, 3.8) is 0 Å². The summed E-state index contributed by atoms with van der Waals surface area (Å²) < 4.78 is 0. The Labute approximate surface area is 172 Å². The van der Waals surface area contributed by atoms with Crippen molar-refractivity contribution in [3.05, 3.63) is 0 Å². The van der Waals surface area contributed by atoms with Gasteiger partial charge in [0.1, 0.15) is 12.1 Å². The van der Waals surface area contributed by atoms with Crippen LogP contribution in [0, 0.1) is 5.41 Å². The van der Waals surface area contributed by atoms with Gasteiger partial charge >= 0.3 is 6.03 Å². The number of carbonyl (C=O) groups excluding carboxylic acids is 4. The van der Waals surface area contributed by atoms with Gasteiger partial charge in [0.05, 0.1) is 6.04 Å². The Morgan fingerprint density at radius 2 is 1.76 bits per heavy atom. The zero-order valence-corrected chi connectivity index (χ0v) is 18.2. The number of hydrogen-bond acceptors (Lipinski definition) is 4. The second-order valence-corrected chi connectivity index (χ2v) is 9.60. The van der Waals surface area contributed by atoms with Crippen molar-refractivity contribution in [2.45, 2.75) is 84.5 Å². The van der Waals surface area contributed by atoms with Crippen LogP contribution in [0.1, 0.15) is 60.3 Å². The number of rotatable bonds is 5. The number of nitrogens with two attached hydrogens (primary N) is 1. The highest BCUT2D eigenvalue weighted by atomic mass is 16.2. The lowest BCUT2D eigenvalue weighted by molar-refractivity contribution is -0.146. The van der Waals surface area contributed by atoms with Gasteiger partial charge in [-0.25, -0.2) is 4.79 Å². The lowest BCUT2D eigenvalue weighted by Gasteiger charge is -2.31. The molecule has 0 saturated carbocycles. The van der Waals surface area contributed by atoms with E-state index in [-0.39, 0.29) is 41.9 Å². The number of hydrogen-bond donors (Lipinski definition) is 3. The van der Waals surface area contributed by atoms with Crippen LogP contribution in [0.2, 0.25) is 0 Å². The van der Waals surface area contributed by atoms with E-state index < -0.39 is 18.0 Å². The number of urea groups is 1. The molecule has 2 aliphatic heterocycles. The number of carbonyl (C=O) groups is 4. The molecule has 5 amide bonds. The highest BCUT2D eigenvalue weighted by molar-refractivity contribution is 5.93. The Kier molecular flexibility index (Phi) is 7.13. The van der Waals surface area contributed by atoms with Crippen LogP contribution in [0.5, 0.6) is 0 Å². The molecule has 0 aromatic carbocycles. The molecule has 0 aliphatic carbocycles. The second-order valence-electron chi connectivity index (χ2n) is 9.60. The summed E-state index contributed by atoms with van der Waals surface area (Å²) in [4.78, 5) is 53.1. The van der Waals surface area contributed by atoms with Crippen molar-refractivity contribution in [1.29, 1.82) is 0 Å². The van der Waals surface area contributed by atoms with Crippen LogP contribution in [0.25, 0.3) is 0 Å². The lowest BCUT2D eigenvalue weighted by atomic mass is 9.91. The minimum absolute atomic E-state index is 0.0200. The minimum atomic E-state index is -0.700. The van der Waals surface area contributed by atoms with Crippen molar-refractivity contribution in [2.24, 2.45) is 11.1 Å². The summed E-state index contributed by atoms with van der Waals surface area (Å²) in [5, 5.41) is 5.62. The van der Waals surface area contributed by atoms with Gasteiger partial charge in [-0.05, 0) is 38.5 Å². The molecule has 29 heavy (non-hydrogen) atoms. The summed E-state index contributed by atoms with van der Waals surface area (Å²) in [6.07, 6.45) is 1.87. The molecule has 0 aromatic heterocycles. The maximum atomic E-state index is 13.2. The van der Waals surface area contributed by atoms with Crippen LogP contribution >= 0.6 is 0 Å². The Hall–Kier alpha value is -2.32. The Morgan fingerprint density at radius 1 is 1.10 bits per heavy atom. The summed E-state index contributed by atoms with van der Waals surface area (Å²) in [5.74, 6) is -0.909. The molecule has 0 aromatic rings. The normalized spacial score (nSPS) is 24.7. The largest absolute Gasteiger partial charge is 0.368 e. The van der Waals surface area contributed by atoms with Gasteiger partial charge < -0.3 is 26.2 Å². The molecule has 2 rings (SSSR count). The highest BCUT2D eigenvalue weighted by Crippen LogP contribution is 2.28. The average Bonchev–Trinajstić information content (AvgIpc) is 3.18. The molecular formula is C20H35N5O4. The molecule has 2 fully saturated rings. The second kappa shape index (κ2) is 9.00. The molecule has 164 valence electrons. The van der Waals surface area contributed by atoms with E-state index in [0.29, 0.717) is 32.2 Å². The molecule has 9 nitrogen and oxygen atoms in total. The first-order chi connectivity index (χ1) is 13.4. The van der Waals surface area contributed by atoms with Gasteiger partial charge in [0.2, 0.25) is 17.7 Å². The van der Waals surface area contributed by atoms with Crippen LogP contribution in [-0.2, 0) is 14.4 Å². The van der Waals surface area contributed by atoms with E-state index in [4.69, 9.17) is 5.73 Å². The van der Waals surface area contributed by atoms with E-state index >= 15 is 0 Å². The highest BCUT2D eigenvalue weighted by Gasteiger charge is 2.45. The van der Waals surface area contributed by atoms with Crippen molar-refractivity contribution >= 4 is 23.8 Å². The van der Waals surface area contributed by atoms with Crippen molar-refractivity contribution in [2.75, 3.05) is 13.1 Å². The third kappa shape index (κ3) is 6.08. The molecule has 2 heterocycles. The van der Waals surface area contributed by atoms with E-state index in [2.05, 4.69) is 10.6 Å². The fourth-order valence-corrected chi connectivity index (χ4v) is 4.01. The smallest absolute Gasteiger partial charge is 0.315 e. The molecule has 0 bridgehead atoms. The van der Waals surface area contributed by atoms with Crippen molar-refractivity contribution in [3.8, 4) is 0 Å². The quantitative estimate of drug-likeness (QED) is 0.614. The first-order valence-corrected chi connectivity index (χ1v) is 10.4. The van der Waals surface area contributed by atoms with E-state index in [1.165, 1.54) is 4.90 Å². The topological polar surface area (TPSA) is 125 Å². The Balaban J connectivity index is 2.18. The zero-order valence-electron chi connectivity index (χ0n) is 18.2. The predicted molar refractivity (Wildman–Crippen MR) is 109 cm³/mol. The van der Waals surface area contributed by atoms with E-state index in [1.54, 1.807) is 4.90 Å². The lowest BCUT2D eigenvalue weighted by Crippen LogP contribution is -2.52. The Bertz CT molecular complexity index is 658. The first kappa shape index (κ1) is 23.0. The maximum Gasteiger partial charge on any atom is 0.315 e. The molecule has 4 N–H and O–H groups in total. The third-order valence-electron chi connectivity index (χ3n) is 5.21. The van der Waals surface area contributed by atoms with Gasteiger partial charge in [-0.1, -0.05) is 20.8 Å². The van der Waals surface area contributed by atoms with Crippen LogP contribution in [0.15, 0.2) is 0 Å². The summed E-state index contributed by atoms with van der Waals surface area (Å²) in [7, 11) is 0. The Morgan fingerprint density at radius 3 is 2.31 bits per heavy atom. The van der Waals surface area contributed by atoms with Gasteiger partial charge in [-0.15, -0.1) is 0 Å². The molecule has 9 heteroatoms. The van der Waals surface area contributed by atoms with Gasteiger partial charge in [0.15, 0.2) is 0 Å². The van der Waals surface area contributed by atoms with Gasteiger partial charge in [0, 0.05) is 25.6 Å². The van der Waals surface area contributed by atoms with Crippen molar-refractivity contribution in [1.82, 2.24) is 20.4 Å². The molecule has 2 aliphatic rings. The van der Waals surface area contributed by atoms with Gasteiger partial charge in [0.25, 0.3) is 0 Å². The summed E-state index contributed by atoms with van der Waals surface area (Å²) in [5.41, 5.74) is 5.24. The van der Waals surface area contributed by atoms with Gasteiger partial charge in [-0.2, -0.15) is 0 Å². The molecular weight excluding hydrogens is 374 g/mol. The average molecular weight is 410 g/mol. The fraction of sp³-hybridized carbons (Fsp3) is 0.800. The number of likely N-dealkylation sites (tertiary alicyclic amines) is 2. The number of nitrogens with zero attached hydrogens (tertiary/aromatic N) is 2. The summed E-state index contributed by atoms with van der Waals surface area (Å²) >= 11 is 0. The van der Waals surface area contributed by atoms with E-state index in [0.717, 1.165) is 0 Å². The standard InChI is InChI=1S/C20H35N5O4/c1-12(2)22-19(29)23-13-9-15(25(11-13)16(26)10-20(3,4)5)18(28)24-8-6-7-14(24)17(21)27/h12-15H,6-11H2,1-5H3,(H2,21,27)(H2,22,23,29)/t13-,14+,15-/m0/s1. The third-order valence-corrected chi connectivity index (χ3v) is 5.21. The molecule has 3 atom stereocenters. The van der Waals surface area contributed by atoms with Gasteiger partial charge in [-0.3, -0.25) is 14.4 Å². The summed E-state index contributed by atoms with van der Waals surface area (Å²) in [6, 6.07) is -2.00. The number of amides is 5. The predicted octanol–water partition coefficient (Wildman–Crippen LogP) is 0.576. The van der Waals surface area contributed by atoms with E-state index in [9.17, 15) is 19.2 Å². The monoisotopic (exact) mass is 409 g/mol. The van der Waals surface area contributed by atoms with E-state index in [1.807, 2.05) is 34.6 Å².